The van der Waals surface area contributed by atoms with Gasteiger partial charge in [0, 0.05) is 41.6 Å². The maximum atomic E-state index is 12.7. The smallest absolute Gasteiger partial charge is 0.272 e. The van der Waals surface area contributed by atoms with Gasteiger partial charge in [-0.1, -0.05) is 29.8 Å². The highest BCUT2D eigenvalue weighted by molar-refractivity contribution is 6.33. The van der Waals surface area contributed by atoms with Gasteiger partial charge in [0.25, 0.3) is 11.5 Å². The van der Waals surface area contributed by atoms with E-state index in [-0.39, 0.29) is 11.5 Å². The van der Waals surface area contributed by atoms with Crippen molar-refractivity contribution < 1.29 is 4.79 Å². The summed E-state index contributed by atoms with van der Waals surface area (Å²) in [6, 6.07) is 18.5. The normalized spacial score (nSPS) is 11.0. The molecule has 5 aromatic rings. The fraction of sp³-hybridized carbons (Fsp3) is 0.0769. The summed E-state index contributed by atoms with van der Waals surface area (Å²) in [6.07, 6.45) is 5.09. The fourth-order valence-corrected chi connectivity index (χ4v) is 4.10. The molecule has 3 aromatic heterocycles. The van der Waals surface area contributed by atoms with Crippen LogP contribution in [0.5, 0.6) is 0 Å². The molecule has 0 radical (unpaired) electrons. The molecule has 0 saturated heterocycles. The lowest BCUT2D eigenvalue weighted by molar-refractivity contribution is 0.0947. The zero-order valence-corrected chi connectivity index (χ0v) is 19.0. The van der Waals surface area contributed by atoms with Crippen LogP contribution < -0.4 is 10.9 Å². The van der Waals surface area contributed by atoms with E-state index in [0.717, 1.165) is 27.6 Å². The van der Waals surface area contributed by atoms with Crippen LogP contribution in [0, 0.1) is 6.92 Å². The van der Waals surface area contributed by atoms with E-state index in [2.05, 4.69) is 20.5 Å². The zero-order valence-electron chi connectivity index (χ0n) is 18.2. The van der Waals surface area contributed by atoms with Gasteiger partial charge in [-0.15, -0.1) is 0 Å². The molecule has 3 heterocycles. The first-order valence-corrected chi connectivity index (χ1v) is 11.0. The summed E-state index contributed by atoms with van der Waals surface area (Å²) in [5, 5.41) is 11.3. The SMILES string of the molecule is Cc1cccn(-c2ccc(-c3ccc4c(C(=O)NCc5ccncc5)n[nH]c4c3)c(Cl)c2)c1=O. The van der Waals surface area contributed by atoms with Crippen molar-refractivity contribution in [3.8, 4) is 16.8 Å². The summed E-state index contributed by atoms with van der Waals surface area (Å²) in [5.41, 5.74) is 4.96. The lowest BCUT2D eigenvalue weighted by Crippen LogP contribution is -2.23. The first kappa shape index (κ1) is 21.6. The molecule has 0 aliphatic rings. The molecule has 0 bridgehead atoms. The topological polar surface area (TPSA) is 92.7 Å². The van der Waals surface area contributed by atoms with Gasteiger partial charge in [0.15, 0.2) is 5.69 Å². The van der Waals surface area contributed by atoms with Crippen LogP contribution >= 0.6 is 11.6 Å². The van der Waals surface area contributed by atoms with Crippen LogP contribution in [0.2, 0.25) is 5.02 Å². The molecule has 34 heavy (non-hydrogen) atoms. The van der Waals surface area contributed by atoms with E-state index in [4.69, 9.17) is 11.6 Å². The van der Waals surface area contributed by atoms with Gasteiger partial charge in [0.2, 0.25) is 0 Å². The van der Waals surface area contributed by atoms with Crippen LogP contribution in [0.25, 0.3) is 27.7 Å². The highest BCUT2D eigenvalue weighted by atomic mass is 35.5. The van der Waals surface area contributed by atoms with Crippen LogP contribution in [0.15, 0.2) is 84.0 Å². The van der Waals surface area contributed by atoms with Crippen LogP contribution in [0.4, 0.5) is 0 Å². The summed E-state index contributed by atoms with van der Waals surface area (Å²) in [5.74, 6) is -0.262. The van der Waals surface area contributed by atoms with Crippen molar-refractivity contribution in [3.63, 3.8) is 0 Å². The Morgan fingerprint density at radius 2 is 1.91 bits per heavy atom. The standard InChI is InChI=1S/C26H20ClN5O2/c1-16-3-2-12-32(26(16)34)19-5-7-20(22(27)14-19)18-4-6-21-23(13-18)30-31-24(21)25(33)29-15-17-8-10-28-11-9-17/h2-14H,15H2,1H3,(H,29,33)(H,30,31). The summed E-state index contributed by atoms with van der Waals surface area (Å²) >= 11 is 6.60. The second-order valence-electron chi connectivity index (χ2n) is 7.90. The predicted molar refractivity (Wildman–Crippen MR) is 132 cm³/mol. The Hall–Kier alpha value is -4.23. The number of fused-ring (bicyclic) bond motifs is 1. The van der Waals surface area contributed by atoms with Crippen molar-refractivity contribution in [2.24, 2.45) is 0 Å². The van der Waals surface area contributed by atoms with Gasteiger partial charge in [-0.05, 0) is 60.5 Å². The summed E-state index contributed by atoms with van der Waals surface area (Å²) in [7, 11) is 0. The maximum absolute atomic E-state index is 12.7. The third kappa shape index (κ3) is 4.09. The Kier molecular flexibility index (Phi) is 5.69. The Bertz CT molecular complexity index is 1570. The molecule has 5 rings (SSSR count). The number of nitrogens with one attached hydrogen (secondary N) is 2. The van der Waals surface area contributed by atoms with E-state index < -0.39 is 0 Å². The van der Waals surface area contributed by atoms with Crippen molar-refractivity contribution in [1.29, 1.82) is 0 Å². The number of hydrogen-bond donors (Lipinski definition) is 2. The number of rotatable bonds is 5. The molecule has 168 valence electrons. The number of pyridine rings is 2. The molecule has 0 atom stereocenters. The molecule has 1 amide bonds. The van der Waals surface area contributed by atoms with Crippen molar-refractivity contribution in [1.82, 2.24) is 25.1 Å². The van der Waals surface area contributed by atoms with Crippen LogP contribution in [0.3, 0.4) is 0 Å². The molecule has 7 nitrogen and oxygen atoms in total. The Labute approximate surface area is 200 Å². The van der Waals surface area contributed by atoms with Crippen LogP contribution in [0.1, 0.15) is 21.6 Å². The van der Waals surface area contributed by atoms with Gasteiger partial charge in [0.1, 0.15) is 0 Å². The number of hydrogen-bond acceptors (Lipinski definition) is 4. The van der Waals surface area contributed by atoms with Crippen molar-refractivity contribution >= 4 is 28.4 Å². The third-order valence-corrected chi connectivity index (χ3v) is 5.97. The number of carbonyl (C=O) groups excluding carboxylic acids is 1. The van der Waals surface area contributed by atoms with E-state index in [0.29, 0.717) is 28.5 Å². The number of H-pyrrole nitrogens is 1. The molecule has 0 unspecified atom stereocenters. The molecule has 2 N–H and O–H groups in total. The van der Waals surface area contributed by atoms with Crippen molar-refractivity contribution in [3.05, 3.63) is 111 Å². The number of halogens is 1. The monoisotopic (exact) mass is 469 g/mol. The van der Waals surface area contributed by atoms with Crippen molar-refractivity contribution in [2.45, 2.75) is 13.5 Å². The van der Waals surface area contributed by atoms with Gasteiger partial charge in [-0.2, -0.15) is 5.10 Å². The number of benzene rings is 2. The summed E-state index contributed by atoms with van der Waals surface area (Å²) < 4.78 is 1.57. The fourth-order valence-electron chi connectivity index (χ4n) is 3.82. The molecule has 0 spiro atoms. The highest BCUT2D eigenvalue weighted by Gasteiger charge is 2.15. The summed E-state index contributed by atoms with van der Waals surface area (Å²) in [4.78, 5) is 29.1. The number of aromatic nitrogens is 4. The Morgan fingerprint density at radius 3 is 2.71 bits per heavy atom. The van der Waals surface area contributed by atoms with Crippen LogP contribution in [-0.4, -0.2) is 25.7 Å². The minimum atomic E-state index is -0.262. The number of carbonyl (C=O) groups is 1. The average Bonchev–Trinajstić information content (AvgIpc) is 3.28. The minimum absolute atomic E-state index is 0.0834. The number of aryl methyl sites for hydroxylation is 1. The first-order valence-electron chi connectivity index (χ1n) is 10.6. The van der Waals surface area contributed by atoms with Crippen molar-refractivity contribution in [2.75, 3.05) is 0 Å². The lowest BCUT2D eigenvalue weighted by Gasteiger charge is -2.10. The minimum Gasteiger partial charge on any atom is -0.347 e. The van der Waals surface area contributed by atoms with Gasteiger partial charge < -0.3 is 5.32 Å². The van der Waals surface area contributed by atoms with Crippen LogP contribution in [-0.2, 0) is 6.54 Å². The number of aromatic amines is 1. The molecule has 0 aliphatic heterocycles. The second kappa shape index (κ2) is 8.96. The molecule has 0 fully saturated rings. The third-order valence-electron chi connectivity index (χ3n) is 5.66. The van der Waals surface area contributed by atoms with E-state index in [1.165, 1.54) is 0 Å². The first-order chi connectivity index (χ1) is 16.5. The average molecular weight is 470 g/mol. The maximum Gasteiger partial charge on any atom is 0.272 e. The molecule has 0 aliphatic carbocycles. The molecular formula is C26H20ClN5O2. The number of nitrogens with zero attached hydrogens (tertiary/aromatic N) is 3. The highest BCUT2D eigenvalue weighted by Crippen LogP contribution is 2.32. The Balaban J connectivity index is 1.41. The zero-order chi connectivity index (χ0) is 23.7. The largest absolute Gasteiger partial charge is 0.347 e. The number of amides is 1. The Morgan fingerprint density at radius 1 is 1.09 bits per heavy atom. The van der Waals surface area contributed by atoms with Gasteiger partial charge >= 0.3 is 0 Å². The van der Waals surface area contributed by atoms with E-state index >= 15 is 0 Å². The van der Waals surface area contributed by atoms with E-state index in [1.807, 2.05) is 48.5 Å². The van der Waals surface area contributed by atoms with E-state index in [9.17, 15) is 9.59 Å². The van der Waals surface area contributed by atoms with Gasteiger partial charge in [-0.25, -0.2) is 0 Å². The molecule has 8 heteroatoms. The molecule has 0 saturated carbocycles. The van der Waals surface area contributed by atoms with E-state index in [1.54, 1.807) is 42.2 Å². The predicted octanol–water partition coefficient (Wildman–Crippen LogP) is 4.67. The molecule has 2 aromatic carbocycles. The molecular weight excluding hydrogens is 450 g/mol. The second-order valence-corrected chi connectivity index (χ2v) is 8.31. The quantitative estimate of drug-likeness (QED) is 0.391. The van der Waals surface area contributed by atoms with Gasteiger partial charge in [0.05, 0.1) is 16.2 Å². The summed E-state index contributed by atoms with van der Waals surface area (Å²) in [6.45, 7) is 2.17. The lowest BCUT2D eigenvalue weighted by atomic mass is 10.0. The van der Waals surface area contributed by atoms with Gasteiger partial charge in [-0.3, -0.25) is 24.2 Å².